The van der Waals surface area contributed by atoms with Crippen LogP contribution in [0.3, 0.4) is 0 Å². The Bertz CT molecular complexity index is 927. The van der Waals surface area contributed by atoms with Gasteiger partial charge >= 0.3 is 0 Å². The second kappa shape index (κ2) is 7.21. The number of pyridine rings is 1. The van der Waals surface area contributed by atoms with Crippen LogP contribution in [-0.4, -0.2) is 37.5 Å². The van der Waals surface area contributed by atoms with Gasteiger partial charge in [0.1, 0.15) is 17.1 Å². The normalized spacial score (nSPS) is 10.8. The number of anilines is 1. The summed E-state index contributed by atoms with van der Waals surface area (Å²) < 4.78 is 31.9. The van der Waals surface area contributed by atoms with Crippen LogP contribution in [0.4, 0.5) is 14.5 Å². The predicted molar refractivity (Wildman–Crippen MR) is 87.9 cm³/mol. The van der Waals surface area contributed by atoms with Crippen LogP contribution in [0.25, 0.3) is 11.5 Å². The third kappa shape index (κ3) is 3.63. The number of aryl methyl sites for hydroxylation is 1. The number of methoxy groups -OCH3 is 1. The number of rotatable bonds is 5. The van der Waals surface area contributed by atoms with Gasteiger partial charge < -0.3 is 14.6 Å². The summed E-state index contributed by atoms with van der Waals surface area (Å²) >= 11 is 0. The minimum Gasteiger partial charge on any atom is -0.481 e. The fraction of sp³-hybridized carbons (Fsp3) is 0.188. The Hall–Kier alpha value is -3.43. The van der Waals surface area contributed by atoms with Gasteiger partial charge in [-0.25, -0.2) is 18.7 Å². The first-order chi connectivity index (χ1) is 12.5. The first kappa shape index (κ1) is 17.4. The van der Waals surface area contributed by atoms with Crippen LogP contribution < -0.4 is 10.1 Å². The Kier molecular flexibility index (Phi) is 4.83. The van der Waals surface area contributed by atoms with E-state index in [-0.39, 0.29) is 28.8 Å². The third-order valence-corrected chi connectivity index (χ3v) is 3.46. The van der Waals surface area contributed by atoms with Crippen molar-refractivity contribution in [2.24, 2.45) is 7.05 Å². The van der Waals surface area contributed by atoms with Crippen molar-refractivity contribution in [3.63, 3.8) is 0 Å². The second-order valence-corrected chi connectivity index (χ2v) is 5.24. The van der Waals surface area contributed by atoms with Crippen molar-refractivity contribution in [2.45, 2.75) is 6.43 Å². The molecular weight excluding hydrogens is 346 g/mol. The summed E-state index contributed by atoms with van der Waals surface area (Å²) in [6, 6.07) is 3.85. The lowest BCUT2D eigenvalue weighted by Gasteiger charge is -2.09. The van der Waals surface area contributed by atoms with Gasteiger partial charge in [-0.3, -0.25) is 9.78 Å². The number of halogens is 2. The van der Waals surface area contributed by atoms with Crippen LogP contribution in [0.2, 0.25) is 0 Å². The summed E-state index contributed by atoms with van der Waals surface area (Å²) in [7, 11) is 3.19. The Labute approximate surface area is 146 Å². The molecule has 0 bridgehead atoms. The highest BCUT2D eigenvalue weighted by Gasteiger charge is 2.16. The van der Waals surface area contributed by atoms with E-state index in [2.05, 4.69) is 25.3 Å². The average molecular weight is 360 g/mol. The van der Waals surface area contributed by atoms with Gasteiger partial charge in [0, 0.05) is 13.1 Å². The molecule has 0 fully saturated rings. The molecule has 0 aliphatic heterocycles. The molecule has 3 rings (SSSR count). The number of hydrogen-bond donors (Lipinski definition) is 1. The SMILES string of the molecule is COc1cc(C(=O)Nc2ccc(C(F)F)nc2)nc(-c2cncn2C)n1. The first-order valence-corrected chi connectivity index (χ1v) is 7.43. The van der Waals surface area contributed by atoms with Gasteiger partial charge in [0.05, 0.1) is 31.5 Å². The van der Waals surface area contributed by atoms with Gasteiger partial charge in [0.2, 0.25) is 5.88 Å². The highest BCUT2D eigenvalue weighted by Crippen LogP contribution is 2.20. The van der Waals surface area contributed by atoms with Gasteiger partial charge in [-0.1, -0.05) is 0 Å². The van der Waals surface area contributed by atoms with Crippen molar-refractivity contribution in [1.82, 2.24) is 24.5 Å². The zero-order valence-corrected chi connectivity index (χ0v) is 13.8. The van der Waals surface area contributed by atoms with Crippen LogP contribution in [0.1, 0.15) is 22.6 Å². The van der Waals surface area contributed by atoms with E-state index in [0.717, 1.165) is 12.3 Å². The molecule has 0 saturated carbocycles. The fourth-order valence-electron chi connectivity index (χ4n) is 2.14. The largest absolute Gasteiger partial charge is 0.481 e. The first-order valence-electron chi connectivity index (χ1n) is 7.43. The third-order valence-electron chi connectivity index (χ3n) is 3.46. The van der Waals surface area contributed by atoms with Crippen LogP contribution in [0, 0.1) is 0 Å². The Morgan fingerprint density at radius 1 is 1.27 bits per heavy atom. The topological polar surface area (TPSA) is 94.8 Å². The maximum absolute atomic E-state index is 12.5. The lowest BCUT2D eigenvalue weighted by molar-refractivity contribution is 0.102. The molecule has 0 atom stereocenters. The molecule has 8 nitrogen and oxygen atoms in total. The Morgan fingerprint density at radius 3 is 2.65 bits per heavy atom. The number of carbonyl (C=O) groups is 1. The quantitative estimate of drug-likeness (QED) is 0.751. The van der Waals surface area contributed by atoms with E-state index in [1.165, 1.54) is 19.2 Å². The van der Waals surface area contributed by atoms with E-state index in [1.54, 1.807) is 24.1 Å². The average Bonchev–Trinajstić information content (AvgIpc) is 3.07. The number of nitrogens with zero attached hydrogens (tertiary/aromatic N) is 5. The van der Waals surface area contributed by atoms with E-state index in [1.807, 2.05) is 0 Å². The molecule has 0 radical (unpaired) electrons. The van der Waals surface area contributed by atoms with Gasteiger partial charge in [-0.2, -0.15) is 4.98 Å². The van der Waals surface area contributed by atoms with Crippen LogP contribution in [-0.2, 0) is 7.05 Å². The molecular formula is C16H14F2N6O2. The van der Waals surface area contributed by atoms with Crippen LogP contribution in [0.5, 0.6) is 5.88 Å². The molecule has 3 heterocycles. The summed E-state index contributed by atoms with van der Waals surface area (Å²) in [6.07, 6.45) is 1.62. The standard InChI is InChI=1S/C16H14F2N6O2/c1-24-8-19-7-12(24)15-22-11(5-13(23-15)26-2)16(25)21-9-3-4-10(14(17)18)20-6-9/h3-8,14H,1-2H3,(H,21,25). The highest BCUT2D eigenvalue weighted by molar-refractivity contribution is 6.03. The molecule has 0 saturated heterocycles. The van der Waals surface area contributed by atoms with Crippen LogP contribution in [0.15, 0.2) is 36.9 Å². The van der Waals surface area contributed by atoms with E-state index in [9.17, 15) is 13.6 Å². The zero-order chi connectivity index (χ0) is 18.7. The molecule has 1 N–H and O–H groups in total. The number of hydrogen-bond acceptors (Lipinski definition) is 6. The minimum atomic E-state index is -2.67. The number of carbonyl (C=O) groups excluding carboxylic acids is 1. The summed E-state index contributed by atoms with van der Waals surface area (Å²) in [5.41, 5.74) is 0.538. The van der Waals surface area contributed by atoms with Crippen molar-refractivity contribution in [2.75, 3.05) is 12.4 Å². The van der Waals surface area contributed by atoms with Crippen molar-refractivity contribution in [1.29, 1.82) is 0 Å². The molecule has 1 amide bonds. The number of amides is 1. The summed E-state index contributed by atoms with van der Waals surface area (Å²) in [4.78, 5) is 28.5. The van der Waals surface area contributed by atoms with Gasteiger partial charge in [-0.05, 0) is 12.1 Å². The number of nitrogens with one attached hydrogen (secondary N) is 1. The monoisotopic (exact) mass is 360 g/mol. The molecule has 0 spiro atoms. The lowest BCUT2D eigenvalue weighted by atomic mass is 10.3. The van der Waals surface area contributed by atoms with Crippen molar-refractivity contribution < 1.29 is 18.3 Å². The lowest BCUT2D eigenvalue weighted by Crippen LogP contribution is -2.15. The van der Waals surface area contributed by atoms with Crippen LogP contribution >= 0.6 is 0 Å². The zero-order valence-electron chi connectivity index (χ0n) is 13.8. The van der Waals surface area contributed by atoms with E-state index < -0.39 is 12.3 Å². The van der Waals surface area contributed by atoms with Gasteiger partial charge in [0.25, 0.3) is 12.3 Å². The number of ether oxygens (including phenoxy) is 1. The second-order valence-electron chi connectivity index (χ2n) is 5.24. The molecule has 134 valence electrons. The molecule has 0 aliphatic rings. The van der Waals surface area contributed by atoms with Crippen molar-refractivity contribution in [3.8, 4) is 17.4 Å². The van der Waals surface area contributed by atoms with E-state index in [0.29, 0.717) is 5.69 Å². The Balaban J connectivity index is 1.88. The van der Waals surface area contributed by atoms with Crippen molar-refractivity contribution >= 4 is 11.6 Å². The maximum atomic E-state index is 12.5. The van der Waals surface area contributed by atoms with Gasteiger partial charge in [0.15, 0.2) is 5.82 Å². The predicted octanol–water partition coefficient (Wildman–Crippen LogP) is 2.47. The molecule has 3 aromatic heterocycles. The number of imidazole rings is 1. The molecule has 0 unspecified atom stereocenters. The van der Waals surface area contributed by atoms with Gasteiger partial charge in [-0.15, -0.1) is 0 Å². The fourth-order valence-corrected chi connectivity index (χ4v) is 2.14. The number of aromatic nitrogens is 5. The Morgan fingerprint density at radius 2 is 2.08 bits per heavy atom. The minimum absolute atomic E-state index is 0.0472. The highest BCUT2D eigenvalue weighted by atomic mass is 19.3. The smallest absolute Gasteiger partial charge is 0.280 e. The molecule has 3 aromatic rings. The molecule has 26 heavy (non-hydrogen) atoms. The molecule has 10 heteroatoms. The maximum Gasteiger partial charge on any atom is 0.280 e. The van der Waals surface area contributed by atoms with E-state index in [4.69, 9.17) is 4.74 Å². The van der Waals surface area contributed by atoms with E-state index >= 15 is 0 Å². The molecule has 0 aromatic carbocycles. The summed E-state index contributed by atoms with van der Waals surface area (Å²) in [5.74, 6) is -0.0890. The molecule has 0 aliphatic carbocycles. The summed E-state index contributed by atoms with van der Waals surface area (Å²) in [5, 5.41) is 2.55. The summed E-state index contributed by atoms with van der Waals surface area (Å²) in [6.45, 7) is 0. The number of alkyl halides is 2. The van der Waals surface area contributed by atoms with Crippen molar-refractivity contribution in [3.05, 3.63) is 48.3 Å².